The van der Waals surface area contributed by atoms with Crippen molar-refractivity contribution in [3.63, 3.8) is 0 Å². The first-order valence-corrected chi connectivity index (χ1v) is 21.1. The van der Waals surface area contributed by atoms with Crippen molar-refractivity contribution in [2.24, 2.45) is 0 Å². The van der Waals surface area contributed by atoms with Gasteiger partial charge >= 0.3 is 0 Å². The summed E-state index contributed by atoms with van der Waals surface area (Å²) in [7, 11) is 0. The molecule has 294 valence electrons. The van der Waals surface area contributed by atoms with Crippen molar-refractivity contribution in [3.05, 3.63) is 206 Å². The first kappa shape index (κ1) is 35.2. The molecule has 0 bridgehead atoms. The second-order valence-corrected chi connectivity index (χ2v) is 15.9. The number of furan rings is 2. The summed E-state index contributed by atoms with van der Waals surface area (Å²) in [6, 6.07) is 71.3. The Labute approximate surface area is 361 Å². The van der Waals surface area contributed by atoms with E-state index in [1.165, 1.54) is 0 Å². The van der Waals surface area contributed by atoms with Crippen LogP contribution in [0.15, 0.2) is 215 Å². The fourth-order valence-electron chi connectivity index (χ4n) is 9.49. The lowest BCUT2D eigenvalue weighted by Gasteiger charge is -2.16. The number of rotatable bonds is 6. The van der Waals surface area contributed by atoms with E-state index in [4.69, 9.17) is 23.8 Å². The van der Waals surface area contributed by atoms with E-state index in [2.05, 4.69) is 168 Å². The summed E-state index contributed by atoms with van der Waals surface area (Å²) in [5.41, 5.74) is 13.2. The average molecular weight is 807 g/mol. The summed E-state index contributed by atoms with van der Waals surface area (Å²) >= 11 is 0. The molecule has 0 unspecified atom stereocenters. The van der Waals surface area contributed by atoms with Gasteiger partial charge in [-0.2, -0.15) is 0 Å². The van der Waals surface area contributed by atoms with Crippen LogP contribution in [0.4, 0.5) is 0 Å². The van der Waals surface area contributed by atoms with Crippen LogP contribution in [0.1, 0.15) is 0 Å². The molecule has 0 radical (unpaired) electrons. The Kier molecular flexibility index (Phi) is 7.80. The zero-order valence-corrected chi connectivity index (χ0v) is 33.7. The van der Waals surface area contributed by atoms with Gasteiger partial charge in [0.15, 0.2) is 17.5 Å². The third kappa shape index (κ3) is 5.55. The minimum Gasteiger partial charge on any atom is -0.456 e. The van der Waals surface area contributed by atoms with Crippen LogP contribution < -0.4 is 0 Å². The molecule has 6 nitrogen and oxygen atoms in total. The van der Waals surface area contributed by atoms with Gasteiger partial charge in [0.2, 0.25) is 0 Å². The van der Waals surface area contributed by atoms with E-state index in [-0.39, 0.29) is 0 Å². The minimum absolute atomic E-state index is 0.540. The van der Waals surface area contributed by atoms with E-state index >= 15 is 0 Å². The fourth-order valence-corrected chi connectivity index (χ4v) is 9.49. The van der Waals surface area contributed by atoms with Crippen molar-refractivity contribution in [2.45, 2.75) is 0 Å². The molecule has 0 N–H and O–H groups in total. The van der Waals surface area contributed by atoms with Gasteiger partial charge in [-0.1, -0.05) is 164 Å². The molecule has 13 aromatic rings. The second kappa shape index (κ2) is 14.0. The van der Waals surface area contributed by atoms with E-state index in [0.717, 1.165) is 110 Å². The Morgan fingerprint density at radius 3 is 1.44 bits per heavy atom. The monoisotopic (exact) mass is 806 g/mol. The van der Waals surface area contributed by atoms with Crippen molar-refractivity contribution < 1.29 is 8.83 Å². The summed E-state index contributed by atoms with van der Waals surface area (Å²) in [4.78, 5) is 16.1. The van der Waals surface area contributed by atoms with Gasteiger partial charge in [0, 0.05) is 43.4 Å². The van der Waals surface area contributed by atoms with Crippen molar-refractivity contribution in [1.82, 2.24) is 19.5 Å². The van der Waals surface area contributed by atoms with E-state index in [0.29, 0.717) is 17.5 Å². The second-order valence-electron chi connectivity index (χ2n) is 15.9. The highest BCUT2D eigenvalue weighted by atomic mass is 16.3. The first-order chi connectivity index (χ1) is 31.2. The molecule has 0 aliphatic heterocycles. The lowest BCUT2D eigenvalue weighted by atomic mass is 9.93. The fraction of sp³-hybridized carbons (Fsp3) is 0. The van der Waals surface area contributed by atoms with E-state index < -0.39 is 0 Å². The molecule has 0 fully saturated rings. The van der Waals surface area contributed by atoms with Crippen LogP contribution in [0, 0.1) is 0 Å². The zero-order chi connectivity index (χ0) is 41.4. The molecule has 4 aromatic heterocycles. The molecule has 9 aromatic carbocycles. The predicted molar refractivity (Wildman–Crippen MR) is 256 cm³/mol. The highest BCUT2D eigenvalue weighted by molar-refractivity contribution is 6.23. The van der Waals surface area contributed by atoms with Gasteiger partial charge in [0.05, 0.1) is 22.3 Å². The Bertz CT molecular complexity index is 3850. The Morgan fingerprint density at radius 1 is 0.302 bits per heavy atom. The smallest absolute Gasteiger partial charge is 0.166 e. The van der Waals surface area contributed by atoms with Crippen LogP contribution in [-0.4, -0.2) is 19.5 Å². The van der Waals surface area contributed by atoms with Gasteiger partial charge in [0.1, 0.15) is 22.3 Å². The maximum Gasteiger partial charge on any atom is 0.166 e. The highest BCUT2D eigenvalue weighted by Crippen LogP contribution is 2.47. The van der Waals surface area contributed by atoms with Crippen LogP contribution in [0.25, 0.3) is 128 Å². The summed E-state index contributed by atoms with van der Waals surface area (Å²) in [6.45, 7) is 0. The summed E-state index contributed by atoms with van der Waals surface area (Å²) in [6.07, 6.45) is 0. The SMILES string of the molecule is c1ccc(-c2ccc(-c3nc(-c4ccccc4)nc(-c4c(-n5c6ccccc6c6ccccc65)ccc5oc6cccc(-c7cccc8oc9ccccc9c78)c6c45)n3)cc2)cc1. The van der Waals surface area contributed by atoms with E-state index in [9.17, 15) is 0 Å². The van der Waals surface area contributed by atoms with Crippen LogP contribution in [0.2, 0.25) is 0 Å². The molecule has 63 heavy (non-hydrogen) atoms. The molecule has 0 spiro atoms. The molecular weight excluding hydrogens is 773 g/mol. The van der Waals surface area contributed by atoms with Gasteiger partial charge < -0.3 is 13.4 Å². The van der Waals surface area contributed by atoms with Crippen molar-refractivity contribution in [2.75, 3.05) is 0 Å². The van der Waals surface area contributed by atoms with Crippen LogP contribution in [-0.2, 0) is 0 Å². The Morgan fingerprint density at radius 2 is 0.762 bits per heavy atom. The number of benzene rings is 9. The van der Waals surface area contributed by atoms with Crippen molar-refractivity contribution in [3.8, 4) is 62.1 Å². The van der Waals surface area contributed by atoms with Crippen LogP contribution >= 0.6 is 0 Å². The van der Waals surface area contributed by atoms with Crippen molar-refractivity contribution >= 4 is 65.7 Å². The quantitative estimate of drug-likeness (QED) is 0.167. The van der Waals surface area contributed by atoms with Gasteiger partial charge in [-0.3, -0.25) is 0 Å². The highest BCUT2D eigenvalue weighted by Gasteiger charge is 2.26. The molecule has 0 saturated carbocycles. The molecule has 4 heterocycles. The molecule has 13 rings (SSSR count). The zero-order valence-electron chi connectivity index (χ0n) is 33.7. The van der Waals surface area contributed by atoms with Crippen LogP contribution in [0.5, 0.6) is 0 Å². The summed E-state index contributed by atoms with van der Waals surface area (Å²) in [5.74, 6) is 1.69. The maximum atomic E-state index is 6.89. The Hall–Kier alpha value is -8.61. The molecular formula is C57H34N4O2. The largest absolute Gasteiger partial charge is 0.456 e. The maximum absolute atomic E-state index is 6.89. The number of hydrogen-bond donors (Lipinski definition) is 0. The minimum atomic E-state index is 0.540. The van der Waals surface area contributed by atoms with Gasteiger partial charge in [-0.05, 0) is 64.7 Å². The topological polar surface area (TPSA) is 69.9 Å². The Balaban J connectivity index is 1.16. The van der Waals surface area contributed by atoms with E-state index in [1.54, 1.807) is 0 Å². The number of aromatic nitrogens is 4. The summed E-state index contributed by atoms with van der Waals surface area (Å²) in [5, 5.41) is 6.33. The third-order valence-electron chi connectivity index (χ3n) is 12.3. The van der Waals surface area contributed by atoms with E-state index in [1.807, 2.05) is 42.5 Å². The standard InChI is InChI=1S/C57H34N4O2/c1-3-15-35(16-4-1)36-29-31-38(32-30-36)56-58-55(37-17-5-2-6-18-37)59-57(60-56)53-46(61-44-24-10-7-19-39(44)40-20-8-11-25-45(40)61)33-34-50-54(53)52-42(23-14-28-49(52)63-50)41-22-13-27-48-51(41)43-21-9-12-26-47(43)62-48/h1-34H. The molecule has 0 atom stereocenters. The molecule has 0 aliphatic carbocycles. The lowest BCUT2D eigenvalue weighted by molar-refractivity contribution is 0.668. The number of para-hydroxylation sites is 3. The molecule has 6 heteroatoms. The first-order valence-electron chi connectivity index (χ1n) is 21.1. The predicted octanol–water partition coefficient (Wildman–Crippen LogP) is 15.1. The van der Waals surface area contributed by atoms with Gasteiger partial charge in [-0.15, -0.1) is 0 Å². The summed E-state index contributed by atoms with van der Waals surface area (Å²) < 4.78 is 15.7. The third-order valence-corrected chi connectivity index (χ3v) is 12.3. The van der Waals surface area contributed by atoms with Crippen molar-refractivity contribution in [1.29, 1.82) is 0 Å². The number of nitrogens with zero attached hydrogens (tertiary/aromatic N) is 4. The average Bonchev–Trinajstić information content (AvgIpc) is 4.04. The molecule has 0 aliphatic rings. The van der Waals surface area contributed by atoms with Crippen LogP contribution in [0.3, 0.4) is 0 Å². The van der Waals surface area contributed by atoms with Gasteiger partial charge in [-0.25, -0.2) is 15.0 Å². The normalized spacial score (nSPS) is 11.8. The lowest BCUT2D eigenvalue weighted by Crippen LogP contribution is -2.04. The van der Waals surface area contributed by atoms with Gasteiger partial charge in [0.25, 0.3) is 0 Å². The molecule has 0 amide bonds. The number of fused-ring (bicyclic) bond motifs is 9. The molecule has 0 saturated heterocycles. The number of hydrogen-bond acceptors (Lipinski definition) is 5.